The quantitative estimate of drug-likeness (QED) is 0.526. The lowest BCUT2D eigenvalue weighted by molar-refractivity contribution is 0.872. The first kappa shape index (κ1) is 8.64. The van der Waals surface area contributed by atoms with Gasteiger partial charge in [0.2, 0.25) is 0 Å². The van der Waals surface area contributed by atoms with Crippen molar-refractivity contribution in [1.29, 1.82) is 0 Å². The van der Waals surface area contributed by atoms with Crippen LogP contribution in [0.3, 0.4) is 0 Å². The summed E-state index contributed by atoms with van der Waals surface area (Å²) in [6, 6.07) is 0. The minimum atomic E-state index is 0.255. The molecule has 4 nitrogen and oxygen atoms in total. The van der Waals surface area contributed by atoms with E-state index in [4.69, 9.17) is 5.73 Å². The second-order valence-corrected chi connectivity index (χ2v) is 2.79. The maximum atomic E-state index is 5.64. The number of hydrogen-bond acceptors (Lipinski definition) is 3. The molecule has 64 valence electrons. The van der Waals surface area contributed by atoms with Gasteiger partial charge in [-0.25, -0.2) is 15.0 Å². The maximum Gasteiger partial charge on any atom is 0.115 e. The fourth-order valence-corrected chi connectivity index (χ4v) is 0.627. The highest BCUT2D eigenvalue weighted by Crippen LogP contribution is 2.07. The van der Waals surface area contributed by atoms with E-state index in [1.165, 1.54) is 6.33 Å². The Bertz CT molecular complexity index is 266. The zero-order valence-corrected chi connectivity index (χ0v) is 7.23. The molecule has 0 aliphatic heterocycles. The third kappa shape index (κ3) is 2.30. The number of hydrogen-bond donors (Lipinski definition) is 1. The lowest BCUT2D eigenvalue weighted by atomic mass is 10.2. The highest BCUT2D eigenvalue weighted by Gasteiger charge is 1.98. The van der Waals surface area contributed by atoms with Crippen molar-refractivity contribution in [2.75, 3.05) is 0 Å². The number of aromatic nitrogens is 2. The molecule has 0 radical (unpaired) electrons. The predicted octanol–water partition coefficient (Wildman–Crippen LogP) is 1.12. The molecule has 4 heteroatoms. The molecule has 1 heterocycles. The molecule has 0 saturated carbocycles. The van der Waals surface area contributed by atoms with Gasteiger partial charge in [0.25, 0.3) is 0 Å². The summed E-state index contributed by atoms with van der Waals surface area (Å²) in [5, 5.41) is 0. The van der Waals surface area contributed by atoms with Crippen LogP contribution in [0.25, 0.3) is 0 Å². The van der Waals surface area contributed by atoms with E-state index in [2.05, 4.69) is 15.0 Å². The number of rotatable bonds is 2. The smallest absolute Gasteiger partial charge is 0.115 e. The molecule has 0 unspecified atom stereocenters. The number of aliphatic imine (C=N–C) groups is 1. The first-order chi connectivity index (χ1) is 5.70. The van der Waals surface area contributed by atoms with Crippen LogP contribution < -0.4 is 5.73 Å². The Labute approximate surface area is 71.6 Å². The Balaban J connectivity index is 2.81. The molecule has 1 aromatic rings. The molecule has 0 bridgehead atoms. The second-order valence-electron chi connectivity index (χ2n) is 2.79. The van der Waals surface area contributed by atoms with E-state index < -0.39 is 0 Å². The van der Waals surface area contributed by atoms with Gasteiger partial charge < -0.3 is 5.73 Å². The zero-order chi connectivity index (χ0) is 8.97. The molecule has 1 aromatic heterocycles. The number of nitrogens with zero attached hydrogens (tertiary/aromatic N) is 3. The topological polar surface area (TPSA) is 64.2 Å². The minimum Gasteiger partial charge on any atom is -0.387 e. The van der Waals surface area contributed by atoms with Crippen LogP contribution >= 0.6 is 0 Å². The highest BCUT2D eigenvalue weighted by molar-refractivity contribution is 5.84. The monoisotopic (exact) mass is 164 g/mol. The van der Waals surface area contributed by atoms with Crippen LogP contribution in [0.1, 0.15) is 13.8 Å². The Morgan fingerprint density at radius 1 is 1.42 bits per heavy atom. The minimum absolute atomic E-state index is 0.255. The van der Waals surface area contributed by atoms with E-state index in [1.54, 1.807) is 12.4 Å². The molecule has 0 aliphatic rings. The van der Waals surface area contributed by atoms with Crippen LogP contribution in [0.5, 0.6) is 0 Å². The van der Waals surface area contributed by atoms with Crippen LogP contribution in [0.15, 0.2) is 23.7 Å². The largest absolute Gasteiger partial charge is 0.387 e. The molecular weight excluding hydrogens is 152 g/mol. The second kappa shape index (κ2) is 3.80. The summed E-state index contributed by atoms with van der Waals surface area (Å²) in [4.78, 5) is 11.8. The van der Waals surface area contributed by atoms with E-state index in [0.29, 0.717) is 11.5 Å². The summed E-state index contributed by atoms with van der Waals surface area (Å²) in [6.07, 6.45) is 4.72. The standard InChI is InChI=1S/C8H12N4/c1-6(2)8(9)12-7-3-10-5-11-4-7/h3-6H,1-2H3,(H2,9,12). The van der Waals surface area contributed by atoms with Gasteiger partial charge in [0.15, 0.2) is 0 Å². The molecule has 1 rings (SSSR count). The molecule has 2 N–H and O–H groups in total. The SMILES string of the molecule is CC(C)C(N)=Nc1cncnc1. The van der Waals surface area contributed by atoms with Gasteiger partial charge in [0, 0.05) is 5.92 Å². The summed E-state index contributed by atoms with van der Waals surface area (Å²) in [5.41, 5.74) is 6.34. The summed E-state index contributed by atoms with van der Waals surface area (Å²) in [7, 11) is 0. The average Bonchev–Trinajstić information content (AvgIpc) is 2.06. The van der Waals surface area contributed by atoms with Crippen molar-refractivity contribution in [1.82, 2.24) is 9.97 Å². The predicted molar refractivity (Wildman–Crippen MR) is 48.2 cm³/mol. The van der Waals surface area contributed by atoms with Crippen LogP contribution in [-0.2, 0) is 0 Å². The normalized spacial score (nSPS) is 12.1. The maximum absolute atomic E-state index is 5.64. The van der Waals surface area contributed by atoms with Crippen molar-refractivity contribution in [3.63, 3.8) is 0 Å². The van der Waals surface area contributed by atoms with Crippen molar-refractivity contribution in [3.8, 4) is 0 Å². The van der Waals surface area contributed by atoms with Gasteiger partial charge in [-0.15, -0.1) is 0 Å². The molecule has 0 aromatic carbocycles. The summed E-state index contributed by atoms with van der Waals surface area (Å²) >= 11 is 0. The van der Waals surface area contributed by atoms with Gasteiger partial charge in [-0.05, 0) is 0 Å². The van der Waals surface area contributed by atoms with Crippen molar-refractivity contribution in [2.24, 2.45) is 16.6 Å². The lowest BCUT2D eigenvalue weighted by Gasteiger charge is -2.02. The third-order valence-electron chi connectivity index (χ3n) is 1.40. The first-order valence-electron chi connectivity index (χ1n) is 3.79. The fourth-order valence-electron chi connectivity index (χ4n) is 0.627. The van der Waals surface area contributed by atoms with Crippen LogP contribution in [0.4, 0.5) is 5.69 Å². The van der Waals surface area contributed by atoms with Crippen LogP contribution in [0.2, 0.25) is 0 Å². The molecule has 0 saturated heterocycles. The summed E-state index contributed by atoms with van der Waals surface area (Å²) < 4.78 is 0. The van der Waals surface area contributed by atoms with Crippen molar-refractivity contribution in [3.05, 3.63) is 18.7 Å². The fraction of sp³-hybridized carbons (Fsp3) is 0.375. The molecular formula is C8H12N4. The van der Waals surface area contributed by atoms with Crippen molar-refractivity contribution in [2.45, 2.75) is 13.8 Å². The van der Waals surface area contributed by atoms with Crippen LogP contribution in [-0.4, -0.2) is 15.8 Å². The van der Waals surface area contributed by atoms with Gasteiger partial charge in [0.1, 0.15) is 17.9 Å². The van der Waals surface area contributed by atoms with Crippen molar-refractivity contribution < 1.29 is 0 Å². The van der Waals surface area contributed by atoms with Crippen LogP contribution in [0, 0.1) is 5.92 Å². The average molecular weight is 164 g/mol. The molecule has 12 heavy (non-hydrogen) atoms. The molecule has 0 spiro atoms. The van der Waals surface area contributed by atoms with E-state index in [1.807, 2.05) is 13.8 Å². The highest BCUT2D eigenvalue weighted by atomic mass is 14.9. The van der Waals surface area contributed by atoms with E-state index in [-0.39, 0.29) is 5.92 Å². The lowest BCUT2D eigenvalue weighted by Crippen LogP contribution is -2.18. The molecule has 0 atom stereocenters. The molecule has 0 aliphatic carbocycles. The third-order valence-corrected chi connectivity index (χ3v) is 1.40. The van der Waals surface area contributed by atoms with Gasteiger partial charge in [-0.2, -0.15) is 0 Å². The summed E-state index contributed by atoms with van der Waals surface area (Å²) in [6.45, 7) is 3.98. The Morgan fingerprint density at radius 3 is 2.50 bits per heavy atom. The Kier molecular flexibility index (Phi) is 2.74. The van der Waals surface area contributed by atoms with Gasteiger partial charge >= 0.3 is 0 Å². The molecule has 0 fully saturated rings. The van der Waals surface area contributed by atoms with Gasteiger partial charge in [0.05, 0.1) is 12.4 Å². The first-order valence-corrected chi connectivity index (χ1v) is 3.79. The molecule has 0 amide bonds. The number of nitrogens with two attached hydrogens (primary N) is 1. The Morgan fingerprint density at radius 2 is 2.00 bits per heavy atom. The number of amidine groups is 1. The zero-order valence-electron chi connectivity index (χ0n) is 7.23. The van der Waals surface area contributed by atoms with E-state index >= 15 is 0 Å². The van der Waals surface area contributed by atoms with E-state index in [9.17, 15) is 0 Å². The Hall–Kier alpha value is -1.45. The van der Waals surface area contributed by atoms with Gasteiger partial charge in [-0.3, -0.25) is 0 Å². The summed E-state index contributed by atoms with van der Waals surface area (Å²) in [5.74, 6) is 0.856. The van der Waals surface area contributed by atoms with E-state index in [0.717, 1.165) is 0 Å². The van der Waals surface area contributed by atoms with Crippen molar-refractivity contribution >= 4 is 11.5 Å². The van der Waals surface area contributed by atoms with Gasteiger partial charge in [-0.1, -0.05) is 13.8 Å².